The molecule has 19 heavy (non-hydrogen) atoms. The van der Waals surface area contributed by atoms with Gasteiger partial charge in [0.05, 0.1) is 5.84 Å². The second-order valence-electron chi connectivity index (χ2n) is 4.44. The molecule has 0 aliphatic rings. The molecule has 1 aromatic heterocycles. The average Bonchev–Trinajstić information content (AvgIpc) is 2.27. The monoisotopic (exact) mass is 274 g/mol. The van der Waals surface area contributed by atoms with E-state index < -0.39 is 11.9 Å². The third-order valence-electron chi connectivity index (χ3n) is 2.56. The van der Waals surface area contributed by atoms with Crippen LogP contribution in [0.1, 0.15) is 26.0 Å². The van der Waals surface area contributed by atoms with Crippen LogP contribution < -0.4 is 10.6 Å². The van der Waals surface area contributed by atoms with E-state index in [2.05, 4.69) is 4.98 Å². The Morgan fingerprint density at radius 3 is 2.53 bits per heavy atom. The summed E-state index contributed by atoms with van der Waals surface area (Å²) in [6, 6.07) is 3.76. The maximum atomic E-state index is 12.6. The molecule has 106 valence electrons. The van der Waals surface area contributed by atoms with Gasteiger partial charge in [0, 0.05) is 19.0 Å². The second-order valence-corrected chi connectivity index (χ2v) is 4.44. The zero-order chi connectivity index (χ0) is 14.6. The average molecular weight is 274 g/mol. The van der Waals surface area contributed by atoms with E-state index >= 15 is 0 Å². The van der Waals surface area contributed by atoms with Gasteiger partial charge in [-0.1, -0.05) is 6.07 Å². The van der Waals surface area contributed by atoms with Crippen LogP contribution in [0.3, 0.4) is 0 Å². The number of nitrogens with two attached hydrogens (primary N) is 1. The quantitative estimate of drug-likeness (QED) is 0.640. The van der Waals surface area contributed by atoms with Crippen molar-refractivity contribution in [1.82, 2.24) is 4.98 Å². The van der Waals surface area contributed by atoms with Crippen molar-refractivity contribution in [3.63, 3.8) is 0 Å². The molecule has 0 fully saturated rings. The predicted octanol–water partition coefficient (Wildman–Crippen LogP) is 2.64. The number of nitrogens with one attached hydrogen (secondary N) is 1. The lowest BCUT2D eigenvalue weighted by Crippen LogP contribution is -2.34. The predicted molar refractivity (Wildman–Crippen MR) is 68.3 cm³/mol. The van der Waals surface area contributed by atoms with Crippen LogP contribution in [0, 0.1) is 5.41 Å². The van der Waals surface area contributed by atoms with E-state index in [4.69, 9.17) is 11.1 Å². The highest BCUT2D eigenvalue weighted by Gasteiger charge is 2.33. The van der Waals surface area contributed by atoms with E-state index in [-0.39, 0.29) is 24.1 Å². The standard InChI is InChI=1S/C12H17F3N4/c1-8(2)19(7-6-10(16)17)11-5-3-4-9(18-11)12(13,14)15/h3-5,8H,6-7H2,1-2H3,(H3,16,17). The first kappa shape index (κ1) is 15.3. The number of hydrogen-bond acceptors (Lipinski definition) is 3. The Kier molecular flexibility index (Phi) is 4.74. The Morgan fingerprint density at radius 2 is 2.05 bits per heavy atom. The molecule has 0 aliphatic heterocycles. The van der Waals surface area contributed by atoms with Crippen molar-refractivity contribution in [2.24, 2.45) is 5.73 Å². The molecule has 3 N–H and O–H groups in total. The molecule has 0 spiro atoms. The molecule has 1 heterocycles. The number of amidine groups is 1. The molecule has 1 aromatic rings. The van der Waals surface area contributed by atoms with Gasteiger partial charge in [-0.05, 0) is 26.0 Å². The van der Waals surface area contributed by atoms with Crippen molar-refractivity contribution in [2.75, 3.05) is 11.4 Å². The lowest BCUT2D eigenvalue weighted by atomic mass is 10.2. The number of anilines is 1. The molecule has 7 heteroatoms. The molecule has 0 unspecified atom stereocenters. The third kappa shape index (κ3) is 4.42. The minimum Gasteiger partial charge on any atom is -0.388 e. The van der Waals surface area contributed by atoms with Crippen LogP contribution >= 0.6 is 0 Å². The van der Waals surface area contributed by atoms with Gasteiger partial charge in [-0.2, -0.15) is 13.2 Å². The Morgan fingerprint density at radius 1 is 1.42 bits per heavy atom. The van der Waals surface area contributed by atoms with Crippen LogP contribution in [0.15, 0.2) is 18.2 Å². The molecule has 0 amide bonds. The highest BCUT2D eigenvalue weighted by molar-refractivity contribution is 5.77. The molecule has 0 radical (unpaired) electrons. The number of pyridine rings is 1. The molecule has 4 nitrogen and oxygen atoms in total. The Bertz CT molecular complexity index is 443. The molecule has 0 aromatic carbocycles. The lowest BCUT2D eigenvalue weighted by Gasteiger charge is -2.28. The molecule has 0 saturated heterocycles. The van der Waals surface area contributed by atoms with Crippen molar-refractivity contribution in [1.29, 1.82) is 5.41 Å². The lowest BCUT2D eigenvalue weighted by molar-refractivity contribution is -0.141. The smallest absolute Gasteiger partial charge is 0.388 e. The second kappa shape index (κ2) is 5.90. The van der Waals surface area contributed by atoms with Gasteiger partial charge >= 0.3 is 6.18 Å². The number of nitrogens with zero attached hydrogens (tertiary/aromatic N) is 2. The highest BCUT2D eigenvalue weighted by atomic mass is 19.4. The van der Waals surface area contributed by atoms with E-state index in [1.807, 2.05) is 13.8 Å². The van der Waals surface area contributed by atoms with Gasteiger partial charge in [-0.15, -0.1) is 0 Å². The Hall–Kier alpha value is -1.79. The molecule has 1 rings (SSSR count). The number of aromatic nitrogens is 1. The first-order valence-corrected chi connectivity index (χ1v) is 5.85. The van der Waals surface area contributed by atoms with Crippen molar-refractivity contribution in [2.45, 2.75) is 32.5 Å². The number of halogens is 3. The fraction of sp³-hybridized carbons (Fsp3) is 0.500. The van der Waals surface area contributed by atoms with Crippen LogP contribution in [-0.2, 0) is 6.18 Å². The molecular formula is C12H17F3N4. The minimum absolute atomic E-state index is 0.00220. The Balaban J connectivity index is 2.99. The molecule has 0 bridgehead atoms. The maximum Gasteiger partial charge on any atom is 0.433 e. The molecule has 0 atom stereocenters. The largest absolute Gasteiger partial charge is 0.433 e. The number of rotatable bonds is 5. The van der Waals surface area contributed by atoms with E-state index in [9.17, 15) is 13.2 Å². The summed E-state index contributed by atoms with van der Waals surface area (Å²) < 4.78 is 37.8. The van der Waals surface area contributed by atoms with E-state index in [0.717, 1.165) is 6.07 Å². The summed E-state index contributed by atoms with van der Waals surface area (Å²) in [7, 11) is 0. The third-order valence-corrected chi connectivity index (χ3v) is 2.56. The van der Waals surface area contributed by atoms with Crippen LogP contribution in [0.25, 0.3) is 0 Å². The maximum absolute atomic E-state index is 12.6. The fourth-order valence-electron chi connectivity index (χ4n) is 1.62. The summed E-state index contributed by atoms with van der Waals surface area (Å²) in [5.41, 5.74) is 4.36. The van der Waals surface area contributed by atoms with Gasteiger partial charge in [-0.3, -0.25) is 5.41 Å². The number of hydrogen-bond donors (Lipinski definition) is 2. The van der Waals surface area contributed by atoms with Crippen molar-refractivity contribution >= 4 is 11.7 Å². The van der Waals surface area contributed by atoms with Gasteiger partial charge in [0.15, 0.2) is 0 Å². The minimum atomic E-state index is -4.46. The summed E-state index contributed by atoms with van der Waals surface area (Å²) in [6.45, 7) is 4.06. The first-order chi connectivity index (χ1) is 8.71. The van der Waals surface area contributed by atoms with Gasteiger partial charge < -0.3 is 10.6 Å². The molecule has 0 aliphatic carbocycles. The van der Waals surface area contributed by atoms with Crippen LogP contribution in [0.4, 0.5) is 19.0 Å². The summed E-state index contributed by atoms with van der Waals surface area (Å²) >= 11 is 0. The molecule has 0 saturated carbocycles. The van der Waals surface area contributed by atoms with Gasteiger partial charge in [0.25, 0.3) is 0 Å². The summed E-state index contributed by atoms with van der Waals surface area (Å²) in [4.78, 5) is 5.32. The topological polar surface area (TPSA) is 66.0 Å². The van der Waals surface area contributed by atoms with Crippen molar-refractivity contribution in [3.05, 3.63) is 23.9 Å². The summed E-state index contributed by atoms with van der Waals surface area (Å²) in [5.74, 6) is 0.240. The normalized spacial score (nSPS) is 11.7. The van der Waals surface area contributed by atoms with Crippen LogP contribution in [0.2, 0.25) is 0 Å². The van der Waals surface area contributed by atoms with Gasteiger partial charge in [-0.25, -0.2) is 4.98 Å². The van der Waals surface area contributed by atoms with Crippen LogP contribution in [-0.4, -0.2) is 23.4 Å². The zero-order valence-electron chi connectivity index (χ0n) is 10.8. The Labute approximate surface area is 109 Å². The van der Waals surface area contributed by atoms with Crippen molar-refractivity contribution in [3.8, 4) is 0 Å². The van der Waals surface area contributed by atoms with Crippen LogP contribution in [0.5, 0.6) is 0 Å². The highest BCUT2D eigenvalue weighted by Crippen LogP contribution is 2.29. The first-order valence-electron chi connectivity index (χ1n) is 5.85. The van der Waals surface area contributed by atoms with E-state index in [0.29, 0.717) is 6.54 Å². The zero-order valence-corrected chi connectivity index (χ0v) is 10.8. The van der Waals surface area contributed by atoms with E-state index in [1.165, 1.54) is 12.1 Å². The summed E-state index contributed by atoms with van der Waals surface area (Å²) in [5, 5.41) is 7.18. The fourth-order valence-corrected chi connectivity index (χ4v) is 1.62. The van der Waals surface area contributed by atoms with Crippen molar-refractivity contribution < 1.29 is 13.2 Å². The van der Waals surface area contributed by atoms with E-state index in [1.54, 1.807) is 4.90 Å². The number of alkyl halides is 3. The molecular weight excluding hydrogens is 257 g/mol. The van der Waals surface area contributed by atoms with Gasteiger partial charge in [0.1, 0.15) is 11.5 Å². The van der Waals surface area contributed by atoms with Gasteiger partial charge in [0.2, 0.25) is 0 Å². The summed E-state index contributed by atoms with van der Waals surface area (Å²) in [6.07, 6.45) is -4.17. The SMILES string of the molecule is CC(C)N(CCC(=N)N)c1cccc(C(F)(F)F)n1.